The van der Waals surface area contributed by atoms with Gasteiger partial charge in [0.2, 0.25) is 0 Å². The van der Waals surface area contributed by atoms with Crippen molar-refractivity contribution in [3.63, 3.8) is 0 Å². The third-order valence-corrected chi connectivity index (χ3v) is 2.37. The molecule has 106 valence electrons. The summed E-state index contributed by atoms with van der Waals surface area (Å²) in [7, 11) is 0. The summed E-state index contributed by atoms with van der Waals surface area (Å²) in [6.45, 7) is 2.15. The molecule has 0 spiro atoms. The Morgan fingerprint density at radius 3 is 2.95 bits per heavy atom. The van der Waals surface area contributed by atoms with E-state index in [1.54, 1.807) is 12.1 Å². The highest BCUT2D eigenvalue weighted by molar-refractivity contribution is 7.80. The first-order valence-electron chi connectivity index (χ1n) is 5.63. The lowest BCUT2D eigenvalue weighted by molar-refractivity contribution is 0.299. The predicted octanol–water partition coefficient (Wildman–Crippen LogP) is 1.81. The van der Waals surface area contributed by atoms with Crippen molar-refractivity contribution in [2.75, 3.05) is 13.2 Å². The van der Waals surface area contributed by atoms with Gasteiger partial charge in [-0.25, -0.2) is 0 Å². The number of halogens is 1. The zero-order chi connectivity index (χ0) is 15.0. The largest absolute Gasteiger partial charge is 0.490 e. The number of rotatable bonds is 6. The van der Waals surface area contributed by atoms with Crippen molar-refractivity contribution in [1.82, 2.24) is 5.43 Å². The maximum atomic E-state index is 8.55. The highest BCUT2D eigenvalue weighted by Gasteiger charge is 2.12. The predicted molar refractivity (Wildman–Crippen MR) is 81.2 cm³/mol. The van der Waals surface area contributed by atoms with E-state index in [-0.39, 0.29) is 11.7 Å². The zero-order valence-corrected chi connectivity index (χ0v) is 12.3. The standard InChI is InChI=1S/C12H13ClN4O2S/c1-2-18-10-6-8(7-16-17-12(15)20)5-9(13)11(10)19-4-3-14/h5-7H,2,4H2,1H3,(H3,15,17,20). The number of nitrogens with zero attached hydrogens (tertiary/aromatic N) is 2. The summed E-state index contributed by atoms with van der Waals surface area (Å²) in [5, 5.41) is 12.8. The molecule has 0 aliphatic heterocycles. The smallest absolute Gasteiger partial charge is 0.184 e. The third kappa shape index (κ3) is 4.91. The normalized spacial score (nSPS) is 10.1. The van der Waals surface area contributed by atoms with Crippen molar-refractivity contribution in [2.45, 2.75) is 6.92 Å². The molecule has 20 heavy (non-hydrogen) atoms. The lowest BCUT2D eigenvalue weighted by Crippen LogP contribution is -2.23. The Morgan fingerprint density at radius 2 is 2.35 bits per heavy atom. The van der Waals surface area contributed by atoms with Crippen LogP contribution in [0.3, 0.4) is 0 Å². The minimum atomic E-state index is -0.115. The molecule has 3 N–H and O–H groups in total. The highest BCUT2D eigenvalue weighted by atomic mass is 35.5. The summed E-state index contributed by atoms with van der Waals surface area (Å²) < 4.78 is 10.7. The monoisotopic (exact) mass is 312 g/mol. The molecule has 0 saturated heterocycles. The quantitative estimate of drug-likeness (QED) is 0.473. The number of hydrogen-bond donors (Lipinski definition) is 2. The minimum Gasteiger partial charge on any atom is -0.490 e. The van der Waals surface area contributed by atoms with Crippen LogP contribution in [0, 0.1) is 11.3 Å². The van der Waals surface area contributed by atoms with Gasteiger partial charge in [-0.3, -0.25) is 5.43 Å². The van der Waals surface area contributed by atoms with E-state index in [1.807, 2.05) is 13.0 Å². The number of thiocarbonyl (C=S) groups is 1. The lowest BCUT2D eigenvalue weighted by atomic mass is 10.2. The Labute approximate surface area is 127 Å². The Morgan fingerprint density at radius 1 is 1.60 bits per heavy atom. The first kappa shape index (κ1) is 16.0. The Bertz CT molecular complexity index is 557. The molecule has 0 radical (unpaired) electrons. The molecule has 0 aliphatic carbocycles. The molecule has 0 aliphatic rings. The van der Waals surface area contributed by atoms with Crippen molar-refractivity contribution >= 4 is 35.1 Å². The van der Waals surface area contributed by atoms with E-state index in [0.717, 1.165) is 0 Å². The molecular formula is C12H13ClN4O2S. The van der Waals surface area contributed by atoms with Crippen molar-refractivity contribution < 1.29 is 9.47 Å². The van der Waals surface area contributed by atoms with Crippen LogP contribution < -0.4 is 20.6 Å². The minimum absolute atomic E-state index is 0.0614. The summed E-state index contributed by atoms with van der Waals surface area (Å²) in [5.74, 6) is 0.765. The van der Waals surface area contributed by atoms with Gasteiger partial charge in [0.25, 0.3) is 0 Å². The second-order valence-electron chi connectivity index (χ2n) is 3.44. The number of nitriles is 1. The maximum Gasteiger partial charge on any atom is 0.184 e. The van der Waals surface area contributed by atoms with Crippen molar-refractivity contribution in [3.8, 4) is 17.6 Å². The molecule has 0 heterocycles. The second-order valence-corrected chi connectivity index (χ2v) is 4.29. The SMILES string of the molecule is CCOc1cc(C=NNC(N)=S)cc(Cl)c1OCC#N. The molecule has 0 saturated carbocycles. The van der Waals surface area contributed by atoms with Gasteiger partial charge < -0.3 is 15.2 Å². The molecular weight excluding hydrogens is 300 g/mol. The van der Waals surface area contributed by atoms with Crippen LogP contribution in [0.1, 0.15) is 12.5 Å². The molecule has 6 nitrogen and oxygen atoms in total. The molecule has 1 aromatic rings. The summed E-state index contributed by atoms with van der Waals surface area (Å²) in [6.07, 6.45) is 1.49. The molecule has 0 amide bonds. The lowest BCUT2D eigenvalue weighted by Gasteiger charge is -2.12. The van der Waals surface area contributed by atoms with Gasteiger partial charge in [-0.1, -0.05) is 11.6 Å². The van der Waals surface area contributed by atoms with E-state index in [9.17, 15) is 0 Å². The van der Waals surface area contributed by atoms with Gasteiger partial charge in [-0.15, -0.1) is 0 Å². The Hall–Kier alpha value is -2.04. The van der Waals surface area contributed by atoms with E-state index in [0.29, 0.717) is 28.7 Å². The molecule has 8 heteroatoms. The van der Waals surface area contributed by atoms with Crippen LogP contribution in [0.2, 0.25) is 5.02 Å². The molecule has 0 atom stereocenters. The number of hydrogen-bond acceptors (Lipinski definition) is 5. The van der Waals surface area contributed by atoms with E-state index in [1.165, 1.54) is 6.21 Å². The first-order valence-corrected chi connectivity index (χ1v) is 6.41. The van der Waals surface area contributed by atoms with Gasteiger partial charge in [-0.2, -0.15) is 10.4 Å². The zero-order valence-electron chi connectivity index (χ0n) is 10.7. The Kier molecular flexibility index (Phi) is 6.56. The number of ether oxygens (including phenoxy) is 2. The van der Waals surface area contributed by atoms with Gasteiger partial charge in [0.1, 0.15) is 6.07 Å². The van der Waals surface area contributed by atoms with Crippen LogP contribution in [0.5, 0.6) is 11.5 Å². The second kappa shape index (κ2) is 8.19. The van der Waals surface area contributed by atoms with Crippen molar-refractivity contribution in [3.05, 3.63) is 22.7 Å². The molecule has 0 bridgehead atoms. The number of nitrogens with one attached hydrogen (secondary N) is 1. The summed E-state index contributed by atoms with van der Waals surface area (Å²) in [5.41, 5.74) is 8.36. The van der Waals surface area contributed by atoms with Gasteiger partial charge in [-0.05, 0) is 36.8 Å². The van der Waals surface area contributed by atoms with E-state index in [2.05, 4.69) is 22.7 Å². The van der Waals surface area contributed by atoms with Gasteiger partial charge in [0.05, 0.1) is 17.8 Å². The number of nitrogens with two attached hydrogens (primary N) is 1. The fraction of sp³-hybridized carbons (Fsp3) is 0.250. The molecule has 1 aromatic carbocycles. The van der Waals surface area contributed by atoms with E-state index < -0.39 is 0 Å². The van der Waals surface area contributed by atoms with Gasteiger partial charge >= 0.3 is 0 Å². The average Bonchev–Trinajstić information content (AvgIpc) is 2.38. The van der Waals surface area contributed by atoms with Crippen LogP contribution in [-0.4, -0.2) is 24.5 Å². The first-order chi connectivity index (χ1) is 9.58. The number of benzene rings is 1. The molecule has 0 aromatic heterocycles. The molecule has 0 unspecified atom stereocenters. The van der Waals surface area contributed by atoms with Crippen LogP contribution in [-0.2, 0) is 0 Å². The van der Waals surface area contributed by atoms with Crippen LogP contribution in [0.15, 0.2) is 17.2 Å². The summed E-state index contributed by atoms with van der Waals surface area (Å²) >= 11 is 10.7. The summed E-state index contributed by atoms with van der Waals surface area (Å²) in [6, 6.07) is 5.19. The van der Waals surface area contributed by atoms with Gasteiger partial charge in [0.15, 0.2) is 23.2 Å². The third-order valence-electron chi connectivity index (χ3n) is 2.00. The van der Waals surface area contributed by atoms with Crippen LogP contribution in [0.4, 0.5) is 0 Å². The molecule has 1 rings (SSSR count). The fourth-order valence-corrected chi connectivity index (χ4v) is 1.67. The average molecular weight is 313 g/mol. The Balaban J connectivity index is 3.03. The fourth-order valence-electron chi connectivity index (χ4n) is 1.34. The van der Waals surface area contributed by atoms with Crippen molar-refractivity contribution in [1.29, 1.82) is 5.26 Å². The van der Waals surface area contributed by atoms with Crippen LogP contribution >= 0.6 is 23.8 Å². The van der Waals surface area contributed by atoms with E-state index in [4.69, 9.17) is 32.1 Å². The van der Waals surface area contributed by atoms with Crippen LogP contribution in [0.25, 0.3) is 0 Å². The van der Waals surface area contributed by atoms with Crippen molar-refractivity contribution in [2.24, 2.45) is 10.8 Å². The summed E-state index contributed by atoms with van der Waals surface area (Å²) in [4.78, 5) is 0. The van der Waals surface area contributed by atoms with Gasteiger partial charge in [0, 0.05) is 0 Å². The maximum absolute atomic E-state index is 8.55. The van der Waals surface area contributed by atoms with E-state index >= 15 is 0 Å². The topological polar surface area (TPSA) is 92.7 Å². The number of hydrazone groups is 1. The molecule has 0 fully saturated rings. The highest BCUT2D eigenvalue weighted by Crippen LogP contribution is 2.36.